The lowest BCUT2D eigenvalue weighted by atomic mass is 10.00. The first-order valence-corrected chi connectivity index (χ1v) is 7.40. The van der Waals surface area contributed by atoms with Crippen molar-refractivity contribution in [3.8, 4) is 11.5 Å². The molecule has 0 aromatic heterocycles. The van der Waals surface area contributed by atoms with Gasteiger partial charge >= 0.3 is 0 Å². The van der Waals surface area contributed by atoms with Crippen LogP contribution < -0.4 is 4.74 Å². The van der Waals surface area contributed by atoms with Crippen LogP contribution in [0.3, 0.4) is 0 Å². The van der Waals surface area contributed by atoms with E-state index in [9.17, 15) is 5.11 Å². The Morgan fingerprint density at radius 1 is 1.35 bits per heavy atom. The van der Waals surface area contributed by atoms with Crippen LogP contribution in [-0.4, -0.2) is 35.0 Å². The van der Waals surface area contributed by atoms with E-state index in [-0.39, 0.29) is 5.75 Å². The second kappa shape index (κ2) is 6.64. The molecule has 0 saturated carbocycles. The predicted octanol–water partition coefficient (Wildman–Crippen LogP) is 3.39. The minimum Gasteiger partial charge on any atom is -0.504 e. The van der Waals surface area contributed by atoms with Crippen LogP contribution in [-0.2, 0) is 0 Å². The molecule has 0 amide bonds. The van der Waals surface area contributed by atoms with Crippen molar-refractivity contribution in [1.82, 2.24) is 5.01 Å². The van der Waals surface area contributed by atoms with E-state index >= 15 is 0 Å². The third-order valence-corrected chi connectivity index (χ3v) is 3.81. The van der Waals surface area contributed by atoms with E-state index < -0.39 is 0 Å². The van der Waals surface area contributed by atoms with E-state index in [4.69, 9.17) is 4.74 Å². The number of aromatic hydroxyl groups is 1. The molecule has 0 aliphatic carbocycles. The summed E-state index contributed by atoms with van der Waals surface area (Å²) in [6.45, 7) is 6.83. The van der Waals surface area contributed by atoms with Crippen molar-refractivity contribution >= 4 is 6.21 Å². The Hall–Kier alpha value is -1.71. The quantitative estimate of drug-likeness (QED) is 0.857. The maximum absolute atomic E-state index is 10.1. The average molecular weight is 276 g/mol. The monoisotopic (exact) mass is 276 g/mol. The molecule has 0 spiro atoms. The van der Waals surface area contributed by atoms with E-state index in [1.54, 1.807) is 12.3 Å². The fourth-order valence-electron chi connectivity index (χ4n) is 2.68. The molecule has 1 aliphatic rings. The lowest BCUT2D eigenvalue weighted by molar-refractivity contribution is 0.109. The van der Waals surface area contributed by atoms with Gasteiger partial charge in [0, 0.05) is 17.6 Å². The first-order chi connectivity index (χ1) is 9.63. The minimum atomic E-state index is 0.162. The van der Waals surface area contributed by atoms with Crippen molar-refractivity contribution in [1.29, 1.82) is 0 Å². The second-order valence-electron chi connectivity index (χ2n) is 5.38. The first-order valence-electron chi connectivity index (χ1n) is 7.40. The summed E-state index contributed by atoms with van der Waals surface area (Å²) in [4.78, 5) is 0. The van der Waals surface area contributed by atoms with Gasteiger partial charge in [-0.25, -0.2) is 0 Å². The standard InChI is InChI=1S/C16H24N2O2/c1-4-20-15-10-6-9-14(16(15)19)11-17-18-12(2)7-5-8-13(18)3/h6,9-13,19H,4-5,7-8H2,1-3H3/b17-11+/t12-,13-/m0/s1. The number of rotatable bonds is 4. The predicted molar refractivity (Wildman–Crippen MR) is 81.5 cm³/mol. The Morgan fingerprint density at radius 2 is 2.05 bits per heavy atom. The third-order valence-electron chi connectivity index (χ3n) is 3.81. The fraction of sp³-hybridized carbons (Fsp3) is 0.562. The van der Waals surface area contributed by atoms with E-state index in [1.165, 1.54) is 19.3 Å². The van der Waals surface area contributed by atoms with E-state index in [0.717, 1.165) is 0 Å². The number of hydrazone groups is 1. The summed E-state index contributed by atoms with van der Waals surface area (Å²) < 4.78 is 5.39. The Balaban J connectivity index is 2.16. The highest BCUT2D eigenvalue weighted by Gasteiger charge is 2.22. The average Bonchev–Trinajstić information content (AvgIpc) is 2.42. The van der Waals surface area contributed by atoms with Gasteiger partial charge in [0.25, 0.3) is 0 Å². The summed E-state index contributed by atoms with van der Waals surface area (Å²) in [7, 11) is 0. The van der Waals surface area contributed by atoms with Crippen LogP contribution in [0, 0.1) is 0 Å². The molecular weight excluding hydrogens is 252 g/mol. The Bertz CT molecular complexity index is 464. The van der Waals surface area contributed by atoms with Crippen molar-refractivity contribution in [3.05, 3.63) is 23.8 Å². The van der Waals surface area contributed by atoms with Crippen molar-refractivity contribution in [2.24, 2.45) is 5.10 Å². The molecular formula is C16H24N2O2. The van der Waals surface area contributed by atoms with Gasteiger partial charge in [-0.2, -0.15) is 5.10 Å². The lowest BCUT2D eigenvalue weighted by Gasteiger charge is -2.36. The van der Waals surface area contributed by atoms with Crippen LogP contribution >= 0.6 is 0 Å². The molecule has 1 fully saturated rings. The largest absolute Gasteiger partial charge is 0.504 e. The number of hydrogen-bond acceptors (Lipinski definition) is 4. The molecule has 4 nitrogen and oxygen atoms in total. The fourth-order valence-corrected chi connectivity index (χ4v) is 2.68. The normalized spacial score (nSPS) is 23.2. The highest BCUT2D eigenvalue weighted by atomic mass is 16.5. The molecule has 0 radical (unpaired) electrons. The van der Waals surface area contributed by atoms with Gasteiger partial charge in [0.05, 0.1) is 12.8 Å². The molecule has 1 saturated heterocycles. The van der Waals surface area contributed by atoms with Crippen LogP contribution in [0.25, 0.3) is 0 Å². The number of ether oxygens (including phenoxy) is 1. The van der Waals surface area contributed by atoms with Crippen LogP contribution in [0.15, 0.2) is 23.3 Å². The van der Waals surface area contributed by atoms with Crippen molar-refractivity contribution < 1.29 is 9.84 Å². The number of phenolic OH excluding ortho intramolecular Hbond substituents is 1. The maximum atomic E-state index is 10.1. The number of hydrogen-bond donors (Lipinski definition) is 1. The van der Waals surface area contributed by atoms with Crippen molar-refractivity contribution in [2.45, 2.75) is 52.1 Å². The SMILES string of the molecule is CCOc1cccc(/C=N/N2[C@@H](C)CCC[C@@H]2C)c1O. The first kappa shape index (κ1) is 14.7. The summed E-state index contributed by atoms with van der Waals surface area (Å²) in [6, 6.07) is 6.39. The van der Waals surface area contributed by atoms with Gasteiger partial charge in [0.2, 0.25) is 0 Å². The smallest absolute Gasteiger partial charge is 0.166 e. The van der Waals surface area contributed by atoms with Gasteiger partial charge in [-0.15, -0.1) is 0 Å². The van der Waals surface area contributed by atoms with Crippen LogP contribution in [0.2, 0.25) is 0 Å². The van der Waals surface area contributed by atoms with Gasteiger partial charge in [-0.3, -0.25) is 5.01 Å². The van der Waals surface area contributed by atoms with Gasteiger partial charge in [-0.05, 0) is 52.2 Å². The molecule has 0 bridgehead atoms. The molecule has 1 N–H and O–H groups in total. The van der Waals surface area contributed by atoms with Crippen LogP contribution in [0.1, 0.15) is 45.6 Å². The molecule has 1 aromatic carbocycles. The molecule has 20 heavy (non-hydrogen) atoms. The number of phenols is 1. The summed E-state index contributed by atoms with van der Waals surface area (Å²) in [6.07, 6.45) is 5.34. The van der Waals surface area contributed by atoms with E-state index in [0.29, 0.717) is 30.0 Å². The van der Waals surface area contributed by atoms with E-state index in [1.807, 2.05) is 19.1 Å². The summed E-state index contributed by atoms with van der Waals surface area (Å²) >= 11 is 0. The highest BCUT2D eigenvalue weighted by Crippen LogP contribution is 2.29. The van der Waals surface area contributed by atoms with E-state index in [2.05, 4.69) is 24.0 Å². The van der Waals surface area contributed by atoms with Gasteiger partial charge < -0.3 is 9.84 Å². The number of piperidine rings is 1. The maximum Gasteiger partial charge on any atom is 0.166 e. The number of para-hydroxylation sites is 1. The van der Waals surface area contributed by atoms with Crippen molar-refractivity contribution in [2.75, 3.05) is 6.61 Å². The van der Waals surface area contributed by atoms with Gasteiger partial charge in [0.1, 0.15) is 0 Å². The summed E-state index contributed by atoms with van der Waals surface area (Å²) in [5.41, 5.74) is 0.695. The van der Waals surface area contributed by atoms with Gasteiger partial charge in [0.15, 0.2) is 11.5 Å². The Morgan fingerprint density at radius 3 is 2.70 bits per heavy atom. The van der Waals surface area contributed by atoms with Gasteiger partial charge in [-0.1, -0.05) is 6.07 Å². The molecule has 110 valence electrons. The topological polar surface area (TPSA) is 45.1 Å². The number of nitrogens with zero attached hydrogens (tertiary/aromatic N) is 2. The van der Waals surface area contributed by atoms with Crippen LogP contribution in [0.5, 0.6) is 11.5 Å². The zero-order valence-electron chi connectivity index (χ0n) is 12.5. The zero-order chi connectivity index (χ0) is 14.5. The number of benzene rings is 1. The molecule has 2 rings (SSSR count). The zero-order valence-corrected chi connectivity index (χ0v) is 12.5. The molecule has 0 unspecified atom stereocenters. The molecule has 2 atom stereocenters. The van der Waals surface area contributed by atoms with Crippen molar-refractivity contribution in [3.63, 3.8) is 0 Å². The highest BCUT2D eigenvalue weighted by molar-refractivity contribution is 5.84. The molecule has 1 aliphatic heterocycles. The van der Waals surface area contributed by atoms with Crippen LogP contribution in [0.4, 0.5) is 0 Å². The molecule has 1 aromatic rings. The summed E-state index contributed by atoms with van der Waals surface area (Å²) in [5, 5.41) is 16.9. The molecule has 4 heteroatoms. The molecule has 1 heterocycles. The minimum absolute atomic E-state index is 0.162. The lowest BCUT2D eigenvalue weighted by Crippen LogP contribution is -2.39. The second-order valence-corrected chi connectivity index (χ2v) is 5.38. The Kier molecular flexibility index (Phi) is 4.88. The third kappa shape index (κ3) is 3.24. The Labute approximate surface area is 121 Å². The summed E-state index contributed by atoms with van der Waals surface area (Å²) in [5.74, 6) is 0.673.